The molecule has 2 aliphatic heterocycles. The van der Waals surface area contributed by atoms with E-state index in [4.69, 9.17) is 4.74 Å². The number of carbonyl (C=O) groups excluding carboxylic acids is 3. The van der Waals surface area contributed by atoms with E-state index < -0.39 is 4.87 Å². The Bertz CT molecular complexity index is 1190. The van der Waals surface area contributed by atoms with E-state index in [-0.39, 0.29) is 22.9 Å². The van der Waals surface area contributed by atoms with Gasteiger partial charge in [0, 0.05) is 19.4 Å². The smallest absolute Gasteiger partial charge is 0.271 e. The average Bonchev–Trinajstić information content (AvgIpc) is 3.27. The molecule has 0 radical (unpaired) electrons. The molecule has 0 aliphatic carbocycles. The summed E-state index contributed by atoms with van der Waals surface area (Å²) in [5.74, 6) is 0.382. The van der Waals surface area contributed by atoms with Crippen LogP contribution in [0.3, 0.4) is 0 Å². The number of aryl methyl sites for hydroxylation is 1. The van der Waals surface area contributed by atoms with Crippen molar-refractivity contribution >= 4 is 40.3 Å². The van der Waals surface area contributed by atoms with Crippen molar-refractivity contribution in [1.29, 1.82) is 0 Å². The molecule has 9 heteroatoms. The first-order valence-electron chi connectivity index (χ1n) is 11.6. The summed E-state index contributed by atoms with van der Waals surface area (Å²) in [6.45, 7) is 9.97. The van der Waals surface area contributed by atoms with Gasteiger partial charge in [-0.2, -0.15) is 5.01 Å². The van der Waals surface area contributed by atoms with E-state index in [1.807, 2.05) is 49.4 Å². The molecule has 35 heavy (non-hydrogen) atoms. The Labute approximate surface area is 209 Å². The molecule has 0 aromatic heterocycles. The van der Waals surface area contributed by atoms with Gasteiger partial charge in [-0.1, -0.05) is 44.2 Å². The standard InChI is InChI=1S/C26H30N4O4S/c1-16(2)13-14-34-21-11-9-20(10-12-21)15-29-23-17(3)7-6-8-22(23)26(24(29)33)30(19(5)32)28-25(35-26)27-18(4)31/h6-12,16H,13-15H2,1-5H3,(H,27,28,31)/t26-/m0/s1. The molecule has 3 amide bonds. The van der Waals surface area contributed by atoms with Gasteiger partial charge < -0.3 is 15.0 Å². The summed E-state index contributed by atoms with van der Waals surface area (Å²) in [6.07, 6.45) is 0.981. The van der Waals surface area contributed by atoms with Crippen molar-refractivity contribution in [2.75, 3.05) is 11.5 Å². The maximum absolute atomic E-state index is 14.1. The van der Waals surface area contributed by atoms with E-state index in [9.17, 15) is 14.4 Å². The Hall–Kier alpha value is -3.33. The third kappa shape index (κ3) is 4.65. The Morgan fingerprint density at radius 2 is 1.86 bits per heavy atom. The predicted molar refractivity (Wildman–Crippen MR) is 137 cm³/mol. The molecule has 184 valence electrons. The summed E-state index contributed by atoms with van der Waals surface area (Å²) in [7, 11) is 0. The number of anilines is 1. The van der Waals surface area contributed by atoms with Gasteiger partial charge in [-0.15, -0.1) is 5.10 Å². The molecule has 0 saturated heterocycles. The lowest BCUT2D eigenvalue weighted by atomic mass is 10.0. The van der Waals surface area contributed by atoms with Crippen LogP contribution in [-0.4, -0.2) is 34.5 Å². The SMILES string of the molecule is CC(=O)NC1=NN(C(C)=O)[C@@]2(S1)C(=O)N(Cc1ccc(OCCC(C)C)cc1)c1c(C)cccc12. The molecule has 4 rings (SSSR count). The zero-order valence-electron chi connectivity index (χ0n) is 20.6. The van der Waals surface area contributed by atoms with Gasteiger partial charge in [0.15, 0.2) is 5.17 Å². The first-order chi connectivity index (χ1) is 16.6. The maximum Gasteiger partial charge on any atom is 0.271 e. The minimum absolute atomic E-state index is 0.221. The highest BCUT2D eigenvalue weighted by molar-refractivity contribution is 8.15. The molecule has 0 unspecified atom stereocenters. The number of amides is 3. The Kier molecular flexibility index (Phi) is 6.89. The van der Waals surface area contributed by atoms with Crippen LogP contribution in [0.15, 0.2) is 47.6 Å². The summed E-state index contributed by atoms with van der Waals surface area (Å²) < 4.78 is 5.82. The molecular weight excluding hydrogens is 464 g/mol. The molecule has 8 nitrogen and oxygen atoms in total. The van der Waals surface area contributed by atoms with E-state index in [0.29, 0.717) is 24.6 Å². The number of hydrogen-bond acceptors (Lipinski definition) is 6. The number of para-hydroxylation sites is 1. The van der Waals surface area contributed by atoms with Crippen LogP contribution in [0.5, 0.6) is 5.75 Å². The highest BCUT2D eigenvalue weighted by Gasteiger charge is 2.61. The lowest BCUT2D eigenvalue weighted by molar-refractivity contribution is -0.139. The quantitative estimate of drug-likeness (QED) is 0.652. The van der Waals surface area contributed by atoms with Crippen LogP contribution >= 0.6 is 11.8 Å². The molecule has 0 bridgehead atoms. The van der Waals surface area contributed by atoms with Crippen molar-refractivity contribution in [3.8, 4) is 5.75 Å². The van der Waals surface area contributed by atoms with Crippen LogP contribution in [0.4, 0.5) is 5.69 Å². The summed E-state index contributed by atoms with van der Waals surface area (Å²) >= 11 is 1.08. The molecule has 2 aromatic rings. The maximum atomic E-state index is 14.1. The van der Waals surface area contributed by atoms with Gasteiger partial charge in [0.1, 0.15) is 5.75 Å². The Morgan fingerprint density at radius 1 is 1.14 bits per heavy atom. The number of amidine groups is 1. The molecule has 0 saturated carbocycles. The zero-order valence-corrected chi connectivity index (χ0v) is 21.4. The largest absolute Gasteiger partial charge is 0.494 e. The molecule has 0 fully saturated rings. The Balaban J connectivity index is 1.65. The molecule has 1 atom stereocenters. The van der Waals surface area contributed by atoms with Gasteiger partial charge in [-0.05, 0) is 54.3 Å². The molecular formula is C26H30N4O4S. The van der Waals surface area contributed by atoms with Crippen molar-refractivity contribution in [3.05, 3.63) is 59.2 Å². The second-order valence-electron chi connectivity index (χ2n) is 9.20. The lowest BCUT2D eigenvalue weighted by Crippen LogP contribution is -2.48. The van der Waals surface area contributed by atoms with Crippen LogP contribution in [0, 0.1) is 12.8 Å². The fourth-order valence-electron chi connectivity index (χ4n) is 4.29. The van der Waals surface area contributed by atoms with Crippen LogP contribution in [0.25, 0.3) is 0 Å². The number of rotatable bonds is 6. The van der Waals surface area contributed by atoms with Gasteiger partial charge in [-0.25, -0.2) is 0 Å². The number of carbonyl (C=O) groups is 3. The molecule has 2 heterocycles. The Morgan fingerprint density at radius 3 is 2.49 bits per heavy atom. The van der Waals surface area contributed by atoms with Crippen molar-refractivity contribution in [2.24, 2.45) is 11.0 Å². The van der Waals surface area contributed by atoms with Crippen molar-refractivity contribution in [3.63, 3.8) is 0 Å². The van der Waals surface area contributed by atoms with E-state index in [1.165, 1.54) is 18.9 Å². The van der Waals surface area contributed by atoms with E-state index in [1.54, 1.807) is 4.90 Å². The summed E-state index contributed by atoms with van der Waals surface area (Å²) in [6, 6.07) is 13.4. The third-order valence-corrected chi connectivity index (χ3v) is 7.19. The third-order valence-electron chi connectivity index (χ3n) is 5.95. The summed E-state index contributed by atoms with van der Waals surface area (Å²) in [5, 5.41) is 8.35. The molecule has 1 N–H and O–H groups in total. The van der Waals surface area contributed by atoms with Crippen molar-refractivity contribution < 1.29 is 19.1 Å². The van der Waals surface area contributed by atoms with Gasteiger partial charge in [0.25, 0.3) is 5.91 Å². The van der Waals surface area contributed by atoms with Crippen molar-refractivity contribution in [2.45, 2.75) is 52.5 Å². The summed E-state index contributed by atoms with van der Waals surface area (Å²) in [5.41, 5.74) is 3.29. The summed E-state index contributed by atoms with van der Waals surface area (Å²) in [4.78, 5) is 38.7. The topological polar surface area (TPSA) is 91.3 Å². The van der Waals surface area contributed by atoms with E-state index in [2.05, 4.69) is 24.3 Å². The number of nitrogens with one attached hydrogen (secondary N) is 1. The van der Waals surface area contributed by atoms with Crippen LogP contribution < -0.4 is 15.0 Å². The van der Waals surface area contributed by atoms with Gasteiger partial charge in [0.2, 0.25) is 16.7 Å². The average molecular weight is 495 g/mol. The minimum atomic E-state index is -1.40. The molecule has 1 spiro atoms. The van der Waals surface area contributed by atoms with Crippen LogP contribution in [0.1, 0.15) is 50.8 Å². The first kappa shape index (κ1) is 24.8. The first-order valence-corrected chi connectivity index (χ1v) is 12.4. The highest BCUT2D eigenvalue weighted by atomic mass is 32.2. The predicted octanol–water partition coefficient (Wildman–Crippen LogP) is 4.12. The fourth-order valence-corrected chi connectivity index (χ4v) is 5.61. The fraction of sp³-hybridized carbons (Fsp3) is 0.385. The minimum Gasteiger partial charge on any atom is -0.494 e. The molecule has 2 aliphatic rings. The van der Waals surface area contributed by atoms with Gasteiger partial charge in [-0.3, -0.25) is 14.4 Å². The normalized spacial score (nSPS) is 18.8. The second kappa shape index (κ2) is 9.73. The van der Waals surface area contributed by atoms with Gasteiger partial charge >= 0.3 is 0 Å². The number of nitrogens with zero attached hydrogens (tertiary/aromatic N) is 3. The number of hydrazone groups is 1. The number of fused-ring (bicyclic) bond motifs is 2. The highest BCUT2D eigenvalue weighted by Crippen LogP contribution is 2.55. The van der Waals surface area contributed by atoms with Crippen molar-refractivity contribution in [1.82, 2.24) is 10.3 Å². The lowest BCUT2D eigenvalue weighted by Gasteiger charge is -2.29. The number of hydrogen-bond donors (Lipinski definition) is 1. The van der Waals surface area contributed by atoms with E-state index >= 15 is 0 Å². The van der Waals surface area contributed by atoms with E-state index in [0.717, 1.165) is 40.7 Å². The number of thioether (sulfide) groups is 1. The molecule has 2 aromatic carbocycles. The monoisotopic (exact) mass is 494 g/mol. The number of benzene rings is 2. The van der Waals surface area contributed by atoms with Gasteiger partial charge in [0.05, 0.1) is 18.8 Å². The zero-order chi connectivity index (χ0) is 25.3. The second-order valence-corrected chi connectivity index (χ2v) is 10.4. The number of ether oxygens (including phenoxy) is 1. The van der Waals surface area contributed by atoms with Crippen LogP contribution in [-0.2, 0) is 25.8 Å². The van der Waals surface area contributed by atoms with Crippen LogP contribution in [0.2, 0.25) is 0 Å².